The van der Waals surface area contributed by atoms with E-state index in [-0.39, 0.29) is 0 Å². The minimum absolute atomic E-state index is 0.312. The molecule has 2 aromatic carbocycles. The lowest BCUT2D eigenvalue weighted by atomic mass is 9.98. The molecule has 4 aromatic rings. The van der Waals surface area contributed by atoms with E-state index in [0.717, 1.165) is 11.1 Å². The third kappa shape index (κ3) is 4.48. The summed E-state index contributed by atoms with van der Waals surface area (Å²) in [4.78, 5) is 4.44. The van der Waals surface area contributed by atoms with Gasteiger partial charge in [0.15, 0.2) is 0 Å². The van der Waals surface area contributed by atoms with Gasteiger partial charge in [0, 0.05) is 12.0 Å². The Labute approximate surface area is 167 Å². The second-order valence-corrected chi connectivity index (χ2v) is 7.57. The number of thioether (sulfide) groups is 1. The summed E-state index contributed by atoms with van der Waals surface area (Å²) in [6, 6.07) is 18.3. The first-order chi connectivity index (χ1) is 13.7. The van der Waals surface area contributed by atoms with Crippen molar-refractivity contribution in [2.45, 2.75) is 37.2 Å². The van der Waals surface area contributed by atoms with Crippen LogP contribution >= 0.6 is 11.8 Å². The maximum Gasteiger partial charge on any atom is 0.277 e. The highest BCUT2D eigenvalue weighted by molar-refractivity contribution is 7.98. The van der Waals surface area contributed by atoms with Gasteiger partial charge in [0.05, 0.1) is 5.75 Å². The molecule has 0 spiro atoms. The average molecular weight is 392 g/mol. The van der Waals surface area contributed by atoms with Crippen LogP contribution in [-0.4, -0.2) is 20.3 Å². The molecule has 7 heteroatoms. The molecule has 2 heterocycles. The number of nitrogens with zero attached hydrogens (tertiary/aromatic N) is 4. The number of hydrogen-bond donors (Lipinski definition) is 0. The van der Waals surface area contributed by atoms with Gasteiger partial charge in [-0.25, -0.2) is 0 Å². The van der Waals surface area contributed by atoms with E-state index in [1.807, 2.05) is 49.4 Å². The predicted octanol–water partition coefficient (Wildman–Crippen LogP) is 5.07. The Morgan fingerprint density at radius 3 is 2.68 bits per heavy atom. The Bertz CT molecular complexity index is 1050. The summed E-state index contributed by atoms with van der Waals surface area (Å²) in [5.41, 5.74) is 3.35. The van der Waals surface area contributed by atoms with Crippen molar-refractivity contribution in [3.63, 3.8) is 0 Å². The standard InChI is InChI=1S/C21H20N4O2S/c1-14-7-6-10-17(11-14)20-22-19(27-25-20)13-28-21-24-23-18(26-21)12-15(2)16-8-4-3-5-9-16/h3-11,15H,12-13H2,1-2H3. The minimum Gasteiger partial charge on any atom is -0.416 e. The van der Waals surface area contributed by atoms with E-state index in [1.165, 1.54) is 17.3 Å². The van der Waals surface area contributed by atoms with Crippen molar-refractivity contribution >= 4 is 11.8 Å². The van der Waals surface area contributed by atoms with Crippen LogP contribution in [0.2, 0.25) is 0 Å². The van der Waals surface area contributed by atoms with E-state index in [1.54, 1.807) is 0 Å². The zero-order valence-electron chi connectivity index (χ0n) is 15.7. The van der Waals surface area contributed by atoms with E-state index in [2.05, 4.69) is 39.4 Å². The second-order valence-electron chi connectivity index (χ2n) is 6.65. The summed E-state index contributed by atoms with van der Waals surface area (Å²) in [5.74, 6) is 2.53. The second kappa shape index (κ2) is 8.39. The van der Waals surface area contributed by atoms with E-state index in [4.69, 9.17) is 8.94 Å². The zero-order chi connectivity index (χ0) is 19.3. The van der Waals surface area contributed by atoms with E-state index in [9.17, 15) is 0 Å². The van der Waals surface area contributed by atoms with Gasteiger partial charge in [-0.2, -0.15) is 4.98 Å². The van der Waals surface area contributed by atoms with Crippen molar-refractivity contribution in [2.75, 3.05) is 0 Å². The molecule has 0 radical (unpaired) electrons. The molecule has 4 rings (SSSR count). The van der Waals surface area contributed by atoms with Gasteiger partial charge >= 0.3 is 0 Å². The molecule has 0 amide bonds. The first-order valence-corrected chi connectivity index (χ1v) is 10.1. The topological polar surface area (TPSA) is 77.8 Å². The summed E-state index contributed by atoms with van der Waals surface area (Å²) in [7, 11) is 0. The molecular weight excluding hydrogens is 372 g/mol. The highest BCUT2D eigenvalue weighted by atomic mass is 32.2. The smallest absolute Gasteiger partial charge is 0.277 e. The van der Waals surface area contributed by atoms with Crippen molar-refractivity contribution in [2.24, 2.45) is 0 Å². The van der Waals surface area contributed by atoms with Gasteiger partial charge in [0.1, 0.15) is 0 Å². The molecule has 0 aliphatic heterocycles. The Kier molecular flexibility index (Phi) is 5.53. The Morgan fingerprint density at radius 1 is 1.00 bits per heavy atom. The Balaban J connectivity index is 1.35. The SMILES string of the molecule is Cc1cccc(-c2noc(CSc3nnc(CC(C)c4ccccc4)o3)n2)c1. The van der Waals surface area contributed by atoms with E-state index in [0.29, 0.717) is 40.9 Å². The first kappa shape index (κ1) is 18.4. The number of aryl methyl sites for hydroxylation is 1. The number of rotatable bonds is 7. The molecule has 0 fully saturated rings. The lowest BCUT2D eigenvalue weighted by Gasteiger charge is -2.08. The highest BCUT2D eigenvalue weighted by Gasteiger charge is 2.14. The van der Waals surface area contributed by atoms with Crippen LogP contribution < -0.4 is 0 Å². The molecule has 0 bridgehead atoms. The largest absolute Gasteiger partial charge is 0.416 e. The first-order valence-electron chi connectivity index (χ1n) is 9.07. The molecule has 1 unspecified atom stereocenters. The van der Waals surface area contributed by atoms with Crippen molar-refractivity contribution in [3.05, 3.63) is 77.5 Å². The summed E-state index contributed by atoms with van der Waals surface area (Å²) in [6.07, 6.45) is 0.704. The zero-order valence-corrected chi connectivity index (χ0v) is 16.5. The molecule has 0 aliphatic carbocycles. The normalized spacial score (nSPS) is 12.2. The van der Waals surface area contributed by atoms with Gasteiger partial charge in [0.2, 0.25) is 17.6 Å². The van der Waals surface area contributed by atoms with Gasteiger partial charge in [-0.05, 0) is 24.5 Å². The molecule has 142 valence electrons. The van der Waals surface area contributed by atoms with Crippen LogP contribution in [0, 0.1) is 6.92 Å². The molecule has 0 aliphatic rings. The molecule has 6 nitrogen and oxygen atoms in total. The third-order valence-corrected chi connectivity index (χ3v) is 5.16. The summed E-state index contributed by atoms with van der Waals surface area (Å²) in [6.45, 7) is 4.18. The summed E-state index contributed by atoms with van der Waals surface area (Å²) in [5, 5.41) is 12.8. The fraction of sp³-hybridized carbons (Fsp3) is 0.238. The van der Waals surface area contributed by atoms with Crippen LogP contribution in [0.25, 0.3) is 11.4 Å². The molecule has 0 saturated carbocycles. The lowest BCUT2D eigenvalue weighted by molar-refractivity contribution is 0.388. The van der Waals surface area contributed by atoms with Gasteiger partial charge in [-0.15, -0.1) is 10.2 Å². The van der Waals surface area contributed by atoms with E-state index < -0.39 is 0 Å². The number of aromatic nitrogens is 4. The van der Waals surface area contributed by atoms with Gasteiger partial charge in [-0.1, -0.05) is 77.9 Å². The molecule has 2 aromatic heterocycles. The van der Waals surface area contributed by atoms with E-state index >= 15 is 0 Å². The maximum atomic E-state index is 5.76. The van der Waals surface area contributed by atoms with Crippen LogP contribution in [0.4, 0.5) is 0 Å². The molecule has 0 N–H and O–H groups in total. The van der Waals surface area contributed by atoms with Gasteiger partial charge in [-0.3, -0.25) is 0 Å². The van der Waals surface area contributed by atoms with Crippen molar-refractivity contribution < 1.29 is 8.94 Å². The third-order valence-electron chi connectivity index (χ3n) is 4.36. The molecule has 1 atom stereocenters. The Morgan fingerprint density at radius 2 is 1.86 bits per heavy atom. The quantitative estimate of drug-likeness (QED) is 0.406. The minimum atomic E-state index is 0.312. The van der Waals surface area contributed by atoms with Crippen LogP contribution in [0.3, 0.4) is 0 Å². The number of hydrogen-bond acceptors (Lipinski definition) is 7. The van der Waals surface area contributed by atoms with Crippen molar-refractivity contribution in [3.8, 4) is 11.4 Å². The molecule has 0 saturated heterocycles. The predicted molar refractivity (Wildman–Crippen MR) is 107 cm³/mol. The summed E-state index contributed by atoms with van der Waals surface area (Å²) >= 11 is 1.39. The maximum absolute atomic E-state index is 5.76. The van der Waals surface area contributed by atoms with Crippen LogP contribution in [0.1, 0.15) is 35.7 Å². The molecular formula is C21H20N4O2S. The van der Waals surface area contributed by atoms with Gasteiger partial charge in [0.25, 0.3) is 5.22 Å². The fourth-order valence-electron chi connectivity index (χ4n) is 2.88. The van der Waals surface area contributed by atoms with Crippen molar-refractivity contribution in [1.29, 1.82) is 0 Å². The fourth-order valence-corrected chi connectivity index (χ4v) is 3.50. The van der Waals surface area contributed by atoms with Crippen LogP contribution in [0.5, 0.6) is 0 Å². The monoisotopic (exact) mass is 392 g/mol. The van der Waals surface area contributed by atoms with Crippen LogP contribution in [0.15, 0.2) is 68.8 Å². The Hall–Kier alpha value is -2.93. The average Bonchev–Trinajstić information content (AvgIpc) is 3.36. The lowest BCUT2D eigenvalue weighted by Crippen LogP contribution is -1.98. The van der Waals surface area contributed by atoms with Crippen molar-refractivity contribution in [1.82, 2.24) is 20.3 Å². The number of benzene rings is 2. The van der Waals surface area contributed by atoms with Crippen LogP contribution in [-0.2, 0) is 12.2 Å². The van der Waals surface area contributed by atoms with Gasteiger partial charge < -0.3 is 8.94 Å². The highest BCUT2D eigenvalue weighted by Crippen LogP contribution is 2.25. The summed E-state index contributed by atoms with van der Waals surface area (Å²) < 4.78 is 11.1. The molecule has 28 heavy (non-hydrogen) atoms.